The van der Waals surface area contributed by atoms with Gasteiger partial charge < -0.3 is 10.1 Å². The van der Waals surface area contributed by atoms with Crippen LogP contribution in [0.5, 0.6) is 5.75 Å². The second-order valence-corrected chi connectivity index (χ2v) is 9.12. The van der Waals surface area contributed by atoms with Gasteiger partial charge in [-0.3, -0.25) is 9.59 Å². The van der Waals surface area contributed by atoms with Gasteiger partial charge in [0, 0.05) is 44.2 Å². The van der Waals surface area contributed by atoms with Gasteiger partial charge in [-0.15, -0.1) is 0 Å². The normalized spacial score (nSPS) is 10.8. The van der Waals surface area contributed by atoms with Crippen LogP contribution in [-0.2, 0) is 16.2 Å². The fourth-order valence-corrected chi connectivity index (χ4v) is 3.77. The number of amides is 2. The Morgan fingerprint density at radius 2 is 1.79 bits per heavy atom. The maximum atomic E-state index is 12.1. The molecule has 9 heteroatoms. The van der Waals surface area contributed by atoms with E-state index in [-0.39, 0.29) is 31.3 Å². The van der Waals surface area contributed by atoms with Gasteiger partial charge in [0.15, 0.2) is 0 Å². The Bertz CT molecular complexity index is 1220. The summed E-state index contributed by atoms with van der Waals surface area (Å²) in [7, 11) is 0. The highest BCUT2D eigenvalue weighted by atomic mass is 79.9. The van der Waals surface area contributed by atoms with E-state index in [9.17, 15) is 9.59 Å². The van der Waals surface area contributed by atoms with E-state index in [0.29, 0.717) is 21.4 Å². The lowest BCUT2D eigenvalue weighted by atomic mass is 10.2. The largest absolute Gasteiger partial charge is 0.488 e. The Balaban J connectivity index is 1.53. The van der Waals surface area contributed by atoms with Gasteiger partial charge in [-0.2, -0.15) is 5.10 Å². The van der Waals surface area contributed by atoms with Gasteiger partial charge in [-0.05, 0) is 48.9 Å². The number of aryl methyl sites for hydroxylation is 1. The van der Waals surface area contributed by atoms with Crippen molar-refractivity contribution in [2.45, 2.75) is 26.4 Å². The number of rotatable bonds is 9. The number of para-hydroxylation sites is 1. The summed E-state index contributed by atoms with van der Waals surface area (Å²) < 4.78 is 6.72. The predicted molar refractivity (Wildman–Crippen MR) is 140 cm³/mol. The summed E-state index contributed by atoms with van der Waals surface area (Å²) in [5.41, 5.74) is 5.56. The molecule has 3 rings (SSSR count). The second kappa shape index (κ2) is 12.6. The number of hydrogen-bond donors (Lipinski definition) is 2. The number of hydrogen-bond acceptors (Lipinski definition) is 4. The lowest BCUT2D eigenvalue weighted by Gasteiger charge is -2.11. The highest BCUT2D eigenvalue weighted by Gasteiger charge is 2.09. The van der Waals surface area contributed by atoms with Crippen LogP contribution in [0.1, 0.15) is 29.5 Å². The van der Waals surface area contributed by atoms with Crippen LogP contribution in [0.25, 0.3) is 0 Å². The number of anilines is 1. The van der Waals surface area contributed by atoms with Gasteiger partial charge >= 0.3 is 0 Å². The van der Waals surface area contributed by atoms with Crippen molar-refractivity contribution in [1.29, 1.82) is 0 Å². The predicted octanol–water partition coefficient (Wildman–Crippen LogP) is 6.51. The Kier molecular flexibility index (Phi) is 9.51. The molecule has 0 fully saturated rings. The summed E-state index contributed by atoms with van der Waals surface area (Å²) in [5, 5.41) is 7.86. The Morgan fingerprint density at radius 3 is 2.56 bits per heavy atom. The topological polar surface area (TPSA) is 79.8 Å². The third-order valence-electron chi connectivity index (χ3n) is 4.76. The van der Waals surface area contributed by atoms with Gasteiger partial charge in [0.25, 0.3) is 0 Å². The molecule has 34 heavy (non-hydrogen) atoms. The third-order valence-corrected chi connectivity index (χ3v) is 5.84. The molecule has 0 spiro atoms. The zero-order valence-electron chi connectivity index (χ0n) is 18.3. The minimum absolute atomic E-state index is 0.00591. The van der Waals surface area contributed by atoms with E-state index >= 15 is 0 Å². The smallest absolute Gasteiger partial charge is 0.240 e. The fourth-order valence-electron chi connectivity index (χ4n) is 2.93. The van der Waals surface area contributed by atoms with Crippen LogP contribution in [0.4, 0.5) is 5.69 Å². The van der Waals surface area contributed by atoms with Crippen molar-refractivity contribution in [3.8, 4) is 5.75 Å². The molecule has 3 aromatic carbocycles. The molecule has 0 bridgehead atoms. The zero-order chi connectivity index (χ0) is 24.5. The second-order valence-electron chi connectivity index (χ2n) is 7.36. The molecule has 0 aromatic heterocycles. The number of carbonyl (C=O) groups excluding carboxylic acids is 2. The quantitative estimate of drug-likeness (QED) is 0.230. The summed E-state index contributed by atoms with van der Waals surface area (Å²) in [6, 6.07) is 18.1. The third kappa shape index (κ3) is 7.87. The lowest BCUT2D eigenvalue weighted by molar-refractivity contribution is -0.124. The molecule has 0 radical (unpaired) electrons. The summed E-state index contributed by atoms with van der Waals surface area (Å²) in [4.78, 5) is 24.2. The number of carbonyl (C=O) groups is 2. The first-order valence-electron chi connectivity index (χ1n) is 10.4. The van der Waals surface area contributed by atoms with Crippen LogP contribution >= 0.6 is 39.1 Å². The van der Waals surface area contributed by atoms with Crippen molar-refractivity contribution >= 4 is 62.8 Å². The van der Waals surface area contributed by atoms with Gasteiger partial charge in [-0.25, -0.2) is 5.43 Å². The maximum Gasteiger partial charge on any atom is 0.240 e. The number of nitrogens with one attached hydrogen (secondary N) is 2. The number of halogens is 3. The highest BCUT2D eigenvalue weighted by Crippen LogP contribution is 2.26. The molecule has 0 aliphatic carbocycles. The SMILES string of the molecule is Cc1ccccc1NC(=O)CCC(=O)NN=Cc1cc(Br)ccc1OCc1ccc(Cl)cc1Cl. The molecule has 0 atom stereocenters. The van der Waals surface area contributed by atoms with E-state index in [1.54, 1.807) is 24.3 Å². The number of benzene rings is 3. The van der Waals surface area contributed by atoms with E-state index in [2.05, 4.69) is 31.8 Å². The van der Waals surface area contributed by atoms with E-state index < -0.39 is 0 Å². The van der Waals surface area contributed by atoms with Crippen LogP contribution in [-0.4, -0.2) is 18.0 Å². The Labute approximate surface area is 216 Å². The summed E-state index contributed by atoms with van der Waals surface area (Å²) >= 11 is 15.6. The van der Waals surface area contributed by atoms with Gasteiger partial charge in [-0.1, -0.05) is 63.4 Å². The van der Waals surface area contributed by atoms with Crippen LogP contribution in [0.2, 0.25) is 10.0 Å². The van der Waals surface area contributed by atoms with E-state index in [1.165, 1.54) is 6.21 Å². The van der Waals surface area contributed by atoms with Gasteiger partial charge in [0.05, 0.1) is 6.21 Å². The first-order valence-corrected chi connectivity index (χ1v) is 11.9. The van der Waals surface area contributed by atoms with Crippen molar-refractivity contribution in [2.75, 3.05) is 5.32 Å². The molecule has 176 valence electrons. The van der Waals surface area contributed by atoms with Crippen molar-refractivity contribution < 1.29 is 14.3 Å². The minimum Gasteiger partial charge on any atom is -0.488 e. The number of hydrazone groups is 1. The molecule has 0 saturated carbocycles. The average molecular weight is 563 g/mol. The lowest BCUT2D eigenvalue weighted by Crippen LogP contribution is -2.21. The van der Waals surface area contributed by atoms with E-state index in [4.69, 9.17) is 27.9 Å². The first kappa shape index (κ1) is 25.7. The molecule has 2 N–H and O–H groups in total. The molecule has 3 aromatic rings. The molecule has 2 amide bonds. The Morgan fingerprint density at radius 1 is 1.03 bits per heavy atom. The summed E-state index contributed by atoms with van der Waals surface area (Å²) in [6.07, 6.45) is 1.53. The molecule has 0 heterocycles. The first-order chi connectivity index (χ1) is 16.3. The van der Waals surface area contributed by atoms with Crippen LogP contribution in [0.3, 0.4) is 0 Å². The summed E-state index contributed by atoms with van der Waals surface area (Å²) in [6.45, 7) is 2.14. The maximum absolute atomic E-state index is 12.1. The standard InChI is InChI=1S/C25H22BrCl2N3O3/c1-16-4-2-3-5-22(16)30-24(32)10-11-25(33)31-29-14-18-12-19(26)7-9-23(18)34-15-17-6-8-20(27)13-21(17)28/h2-9,12-14H,10-11,15H2,1H3,(H,30,32)(H,31,33). The zero-order valence-corrected chi connectivity index (χ0v) is 21.4. The number of nitrogens with zero attached hydrogens (tertiary/aromatic N) is 1. The van der Waals surface area contributed by atoms with Crippen molar-refractivity contribution in [3.63, 3.8) is 0 Å². The Hall–Kier alpha value is -2.87. The molecule has 0 aliphatic rings. The van der Waals surface area contributed by atoms with Crippen molar-refractivity contribution in [1.82, 2.24) is 5.43 Å². The van der Waals surface area contributed by atoms with E-state index in [1.807, 2.05) is 43.3 Å². The average Bonchev–Trinajstić information content (AvgIpc) is 2.80. The molecule has 0 unspecified atom stereocenters. The van der Waals surface area contributed by atoms with Gasteiger partial charge in [0.1, 0.15) is 12.4 Å². The monoisotopic (exact) mass is 561 g/mol. The van der Waals surface area contributed by atoms with Crippen molar-refractivity contribution in [3.05, 3.63) is 91.9 Å². The molecular formula is C25H22BrCl2N3O3. The number of ether oxygens (including phenoxy) is 1. The summed E-state index contributed by atoms with van der Waals surface area (Å²) in [5.74, 6) is -0.0524. The molecule has 0 saturated heterocycles. The fraction of sp³-hybridized carbons (Fsp3) is 0.160. The van der Waals surface area contributed by atoms with Crippen LogP contribution in [0, 0.1) is 6.92 Å². The van der Waals surface area contributed by atoms with E-state index in [0.717, 1.165) is 21.3 Å². The molecule has 6 nitrogen and oxygen atoms in total. The minimum atomic E-state index is -0.374. The van der Waals surface area contributed by atoms with Crippen LogP contribution < -0.4 is 15.5 Å². The van der Waals surface area contributed by atoms with Crippen molar-refractivity contribution in [2.24, 2.45) is 5.10 Å². The highest BCUT2D eigenvalue weighted by molar-refractivity contribution is 9.10. The van der Waals surface area contributed by atoms with Gasteiger partial charge in [0.2, 0.25) is 11.8 Å². The molecule has 0 aliphatic heterocycles. The molecular weight excluding hydrogens is 541 g/mol. The van der Waals surface area contributed by atoms with Crippen LogP contribution in [0.15, 0.2) is 70.2 Å².